The first-order valence-corrected chi connectivity index (χ1v) is 12.7. The molecule has 0 atom stereocenters. The number of carbonyl (C=O) groups is 1. The number of nitro groups is 1. The van der Waals surface area contributed by atoms with Gasteiger partial charge in [0, 0.05) is 32.2 Å². The Morgan fingerprint density at radius 3 is 2.51 bits per heavy atom. The van der Waals surface area contributed by atoms with Gasteiger partial charge in [0.05, 0.1) is 27.5 Å². The Morgan fingerprint density at radius 1 is 1.11 bits per heavy atom. The van der Waals surface area contributed by atoms with Crippen LogP contribution >= 0.6 is 11.6 Å². The summed E-state index contributed by atoms with van der Waals surface area (Å²) in [5.41, 5.74) is 0.727. The lowest BCUT2D eigenvalue weighted by atomic mass is 10.2. The lowest BCUT2D eigenvalue weighted by Crippen LogP contribution is -2.36. The number of para-hydroxylation sites is 2. The Labute approximate surface area is 206 Å². The number of nitrogens with zero attached hydrogens (tertiary/aromatic N) is 5. The Hall–Kier alpha value is -3.35. The van der Waals surface area contributed by atoms with E-state index in [1.807, 2.05) is 11.0 Å². The third-order valence-electron chi connectivity index (χ3n) is 5.53. The molecule has 1 saturated heterocycles. The molecule has 2 heterocycles. The number of fused-ring (bicyclic) bond motifs is 1. The Morgan fingerprint density at radius 2 is 1.83 bits per heavy atom. The number of sulfonamides is 1. The van der Waals surface area contributed by atoms with Gasteiger partial charge in [-0.15, -0.1) is 0 Å². The molecular weight excluding hydrogens is 498 g/mol. The number of hydrogen-bond acceptors (Lipinski definition) is 9. The molecule has 1 aliphatic rings. The van der Waals surface area contributed by atoms with E-state index in [0.29, 0.717) is 29.8 Å². The van der Waals surface area contributed by atoms with E-state index in [0.717, 1.165) is 6.07 Å². The molecule has 0 N–H and O–H groups in total. The first kappa shape index (κ1) is 24.8. The van der Waals surface area contributed by atoms with Crippen LogP contribution in [0.5, 0.6) is 0 Å². The summed E-state index contributed by atoms with van der Waals surface area (Å²) in [6, 6.07) is 10.6. The first-order valence-electron chi connectivity index (χ1n) is 10.9. The second kappa shape index (κ2) is 10.1. The quantitative estimate of drug-likeness (QED) is 0.273. The van der Waals surface area contributed by atoms with Crippen LogP contribution in [0.2, 0.25) is 5.02 Å². The average Bonchev–Trinajstić information content (AvgIpc) is 3.10. The summed E-state index contributed by atoms with van der Waals surface area (Å²) in [6.07, 6.45) is 0.436. The number of esters is 1. The van der Waals surface area contributed by atoms with Crippen LogP contribution in [0, 0.1) is 10.1 Å². The van der Waals surface area contributed by atoms with Crippen molar-refractivity contribution in [1.82, 2.24) is 14.3 Å². The van der Waals surface area contributed by atoms with Gasteiger partial charge in [-0.3, -0.25) is 10.1 Å². The van der Waals surface area contributed by atoms with E-state index < -0.39 is 26.6 Å². The van der Waals surface area contributed by atoms with Crippen LogP contribution in [0.25, 0.3) is 11.0 Å². The summed E-state index contributed by atoms with van der Waals surface area (Å²) in [5.74, 6) is -0.286. The molecule has 2 aromatic carbocycles. The monoisotopic (exact) mass is 519 g/mol. The normalized spacial score (nSPS) is 15.1. The number of halogens is 1. The molecule has 35 heavy (non-hydrogen) atoms. The van der Waals surface area contributed by atoms with E-state index in [-0.39, 0.29) is 41.9 Å². The summed E-state index contributed by atoms with van der Waals surface area (Å²) in [7, 11) is -4.02. The molecule has 1 aliphatic heterocycles. The van der Waals surface area contributed by atoms with E-state index in [2.05, 4.69) is 9.97 Å². The summed E-state index contributed by atoms with van der Waals surface area (Å²) in [5, 5.41) is 11.1. The molecule has 1 fully saturated rings. The SMILES string of the molecule is CCOC(=O)c1nc2ccccc2nc1N1CCCN(S(=O)(=O)c2ccc(Cl)c([N+](=O)[O-])c2)CC1. The van der Waals surface area contributed by atoms with Crippen molar-refractivity contribution in [3.8, 4) is 0 Å². The molecule has 3 aromatic rings. The van der Waals surface area contributed by atoms with Gasteiger partial charge in [0.1, 0.15) is 5.02 Å². The van der Waals surface area contributed by atoms with Gasteiger partial charge in [-0.25, -0.2) is 23.2 Å². The number of rotatable bonds is 6. The van der Waals surface area contributed by atoms with E-state index >= 15 is 0 Å². The van der Waals surface area contributed by atoms with Gasteiger partial charge in [-0.2, -0.15) is 4.31 Å². The van der Waals surface area contributed by atoms with Gasteiger partial charge in [0.15, 0.2) is 11.5 Å². The standard InChI is InChI=1S/C22H22ClN5O6S/c1-2-34-22(29)20-21(25-18-7-4-3-6-17(18)24-20)26-10-5-11-27(13-12-26)35(32,33)15-8-9-16(23)19(14-15)28(30)31/h3-4,6-9,14H,2,5,10-13H2,1H3. The minimum absolute atomic E-state index is 0.0650. The molecule has 0 bridgehead atoms. The maximum absolute atomic E-state index is 13.2. The fourth-order valence-corrected chi connectivity index (χ4v) is 5.51. The molecule has 4 rings (SSSR count). The highest BCUT2D eigenvalue weighted by atomic mass is 35.5. The van der Waals surface area contributed by atoms with Gasteiger partial charge in [0.25, 0.3) is 5.69 Å². The van der Waals surface area contributed by atoms with Crippen LogP contribution in [0.1, 0.15) is 23.8 Å². The van der Waals surface area contributed by atoms with Crippen molar-refractivity contribution in [3.05, 3.63) is 63.3 Å². The summed E-state index contributed by atoms with van der Waals surface area (Å²) < 4.78 is 32.9. The average molecular weight is 520 g/mol. The fraction of sp³-hybridized carbons (Fsp3) is 0.318. The molecule has 13 heteroatoms. The molecular formula is C22H22ClN5O6S. The number of benzene rings is 2. The second-order valence-corrected chi connectivity index (χ2v) is 10.1. The van der Waals surface area contributed by atoms with Gasteiger partial charge in [0.2, 0.25) is 10.0 Å². The molecule has 184 valence electrons. The van der Waals surface area contributed by atoms with Crippen LogP contribution in [-0.4, -0.2) is 66.4 Å². The Bertz CT molecular complexity index is 1400. The lowest BCUT2D eigenvalue weighted by Gasteiger charge is -2.24. The molecule has 0 spiro atoms. The smallest absolute Gasteiger partial charge is 0.360 e. The van der Waals surface area contributed by atoms with Crippen LogP contribution in [0.4, 0.5) is 11.5 Å². The van der Waals surface area contributed by atoms with Crippen molar-refractivity contribution in [3.63, 3.8) is 0 Å². The summed E-state index contributed by atoms with van der Waals surface area (Å²) >= 11 is 5.84. The highest BCUT2D eigenvalue weighted by Crippen LogP contribution is 2.29. The number of aromatic nitrogens is 2. The lowest BCUT2D eigenvalue weighted by molar-refractivity contribution is -0.384. The van der Waals surface area contributed by atoms with Gasteiger partial charge in [-0.1, -0.05) is 23.7 Å². The third kappa shape index (κ3) is 5.04. The number of hydrogen-bond donors (Lipinski definition) is 0. The molecule has 0 aliphatic carbocycles. The zero-order valence-electron chi connectivity index (χ0n) is 18.8. The number of anilines is 1. The topological polar surface area (TPSA) is 136 Å². The molecule has 0 radical (unpaired) electrons. The van der Waals surface area contributed by atoms with E-state index in [1.165, 1.54) is 16.4 Å². The molecule has 11 nitrogen and oxygen atoms in total. The predicted octanol–water partition coefficient (Wildman–Crippen LogP) is 3.27. The highest BCUT2D eigenvalue weighted by molar-refractivity contribution is 7.89. The number of nitro benzene ring substituents is 1. The van der Waals surface area contributed by atoms with Gasteiger partial charge >= 0.3 is 5.97 Å². The van der Waals surface area contributed by atoms with E-state index in [1.54, 1.807) is 25.1 Å². The number of carbonyl (C=O) groups excluding carboxylic acids is 1. The zero-order valence-corrected chi connectivity index (χ0v) is 20.3. The van der Waals surface area contributed by atoms with Crippen molar-refractivity contribution < 1.29 is 22.9 Å². The van der Waals surface area contributed by atoms with Crippen LogP contribution in [0.15, 0.2) is 47.4 Å². The fourth-order valence-electron chi connectivity index (χ4n) is 3.84. The first-order chi connectivity index (χ1) is 16.7. The van der Waals surface area contributed by atoms with Crippen LogP contribution in [0.3, 0.4) is 0 Å². The minimum Gasteiger partial charge on any atom is -0.461 e. The Balaban J connectivity index is 1.64. The highest BCUT2D eigenvalue weighted by Gasteiger charge is 2.31. The number of ether oxygens (including phenoxy) is 1. The molecule has 0 amide bonds. The predicted molar refractivity (Wildman–Crippen MR) is 129 cm³/mol. The molecule has 1 aromatic heterocycles. The molecule has 0 saturated carbocycles. The van der Waals surface area contributed by atoms with E-state index in [9.17, 15) is 23.3 Å². The van der Waals surface area contributed by atoms with Crippen molar-refractivity contribution in [2.24, 2.45) is 0 Å². The maximum atomic E-state index is 13.2. The Kier molecular flexibility index (Phi) is 7.15. The van der Waals surface area contributed by atoms with Crippen molar-refractivity contribution in [2.75, 3.05) is 37.7 Å². The minimum atomic E-state index is -4.02. The van der Waals surface area contributed by atoms with E-state index in [4.69, 9.17) is 16.3 Å². The van der Waals surface area contributed by atoms with Gasteiger partial charge < -0.3 is 9.64 Å². The summed E-state index contributed by atoms with van der Waals surface area (Å²) in [4.78, 5) is 33.8. The maximum Gasteiger partial charge on any atom is 0.360 e. The molecule has 0 unspecified atom stereocenters. The summed E-state index contributed by atoms with van der Waals surface area (Å²) in [6.45, 7) is 2.79. The van der Waals surface area contributed by atoms with Crippen molar-refractivity contribution in [1.29, 1.82) is 0 Å². The van der Waals surface area contributed by atoms with Gasteiger partial charge in [-0.05, 0) is 37.6 Å². The largest absolute Gasteiger partial charge is 0.461 e. The second-order valence-electron chi connectivity index (χ2n) is 7.72. The van der Waals surface area contributed by atoms with Crippen LogP contribution < -0.4 is 4.90 Å². The van der Waals surface area contributed by atoms with Crippen molar-refractivity contribution >= 4 is 50.1 Å². The van der Waals surface area contributed by atoms with Crippen LogP contribution in [-0.2, 0) is 14.8 Å². The van der Waals surface area contributed by atoms with Crippen molar-refractivity contribution in [2.45, 2.75) is 18.2 Å². The third-order valence-corrected chi connectivity index (χ3v) is 7.74. The zero-order chi connectivity index (χ0) is 25.2.